The molecule has 0 saturated carbocycles. The number of benzene rings is 2. The Labute approximate surface area is 537 Å². The zero-order chi connectivity index (χ0) is 64.1. The molecular weight excluding hydrogens is 1270 g/mol. The average molecular weight is 1320 g/mol. The Morgan fingerprint density at radius 1 is 0.678 bits per heavy atom. The largest absolute Gasteiger partial charge is 0.508 e. The number of aliphatic hydroxyl groups is 2. The van der Waals surface area contributed by atoms with Gasteiger partial charge in [0.1, 0.15) is 93.6 Å². The van der Waals surface area contributed by atoms with E-state index < -0.39 is 83.6 Å². The number of fused-ring (bicyclic) bond motifs is 14. The van der Waals surface area contributed by atoms with E-state index in [4.69, 9.17) is 25.7 Å². The number of nitrogens with two attached hydrogens (primary N) is 1. The van der Waals surface area contributed by atoms with Gasteiger partial charge in [0.05, 0.1) is 35.6 Å². The number of aliphatic hydroxyl groups excluding tert-OH is 2. The highest BCUT2D eigenvalue weighted by Gasteiger charge is 2.35. The number of thiazole rings is 6. The number of pyridine rings is 1. The van der Waals surface area contributed by atoms with Crippen LogP contribution in [-0.4, -0.2) is 91.4 Å². The molecule has 0 radical (unpaired) electrons. The Kier molecular flexibility index (Phi) is 19.5. The Morgan fingerprint density at radius 3 is 2.06 bits per heavy atom. The van der Waals surface area contributed by atoms with E-state index in [0.717, 1.165) is 45.3 Å². The zero-order valence-corrected chi connectivity index (χ0v) is 52.9. The minimum absolute atomic E-state index is 0.00412. The van der Waals surface area contributed by atoms with Gasteiger partial charge >= 0.3 is 0 Å². The van der Waals surface area contributed by atoms with Crippen LogP contribution in [0.5, 0.6) is 5.75 Å². The molecule has 90 heavy (non-hydrogen) atoms. The van der Waals surface area contributed by atoms with E-state index in [1.54, 1.807) is 66.9 Å². The van der Waals surface area contributed by atoms with Gasteiger partial charge in [-0.2, -0.15) is 0 Å². The number of carbonyl (C=O) groups excluding carboxylic acids is 7. The lowest BCUT2D eigenvalue weighted by Gasteiger charge is -2.25. The van der Waals surface area contributed by atoms with E-state index in [2.05, 4.69) is 61.3 Å². The highest BCUT2D eigenvalue weighted by atomic mass is 32.1. The van der Waals surface area contributed by atoms with Gasteiger partial charge in [0, 0.05) is 49.7 Å². The van der Waals surface area contributed by atoms with Gasteiger partial charge < -0.3 is 47.6 Å². The van der Waals surface area contributed by atoms with Crippen LogP contribution in [0.4, 0.5) is 0 Å². The first-order chi connectivity index (χ1) is 43.1. The second kappa shape index (κ2) is 27.6. The van der Waals surface area contributed by atoms with E-state index >= 15 is 0 Å². The molecule has 29 heteroatoms. The van der Waals surface area contributed by atoms with E-state index in [1.807, 2.05) is 19.2 Å². The molecule has 1 aliphatic heterocycles. The van der Waals surface area contributed by atoms with Gasteiger partial charge in [-0.3, -0.25) is 33.6 Å². The van der Waals surface area contributed by atoms with Crippen molar-refractivity contribution in [1.82, 2.24) is 61.5 Å². The topological polar surface area (TPSA) is 357 Å². The van der Waals surface area contributed by atoms with E-state index in [9.17, 15) is 48.9 Å². The predicted octanol–water partition coefficient (Wildman–Crippen LogP) is 9.65. The molecule has 10 N–H and O–H groups in total. The fourth-order valence-corrected chi connectivity index (χ4v) is 14.6. The SMILES string of the molecule is C=C(O)C(=C)NC(=O)C(=C)NC(=O)c1csc(-c2ccc3c(n2)-c2csc(n2)-c2csc(n2)C(C(C)CC)NC(=O)C(Cc2ccc(O)cc2)CC(=O)c2csc(n2)C(C(O)c2ccccc2)NC(=O)c2nc(sc2C)C(CC(N)=O)NC(=O)c2csc-3n2)n1. The molecule has 6 amide bonds. The number of amides is 6. The van der Waals surface area contributed by atoms with Crippen LogP contribution in [0.2, 0.25) is 0 Å². The molecule has 8 heterocycles. The number of ketones is 1. The van der Waals surface area contributed by atoms with Gasteiger partial charge in [0.2, 0.25) is 11.8 Å². The van der Waals surface area contributed by atoms with Crippen LogP contribution in [0.25, 0.3) is 43.4 Å². The molecule has 7 aromatic heterocycles. The van der Waals surface area contributed by atoms with Gasteiger partial charge in [-0.25, -0.2) is 34.9 Å². The highest BCUT2D eigenvalue weighted by Crippen LogP contribution is 2.40. The summed E-state index contributed by atoms with van der Waals surface area (Å²) in [7, 11) is 0. The molecular formula is C61H55N13O10S6. The number of aromatic nitrogens is 7. The molecule has 6 atom stereocenters. The van der Waals surface area contributed by atoms with Gasteiger partial charge in [-0.05, 0) is 54.7 Å². The minimum Gasteiger partial charge on any atom is -0.508 e. The molecule has 10 rings (SSSR count). The maximum atomic E-state index is 14.9. The van der Waals surface area contributed by atoms with Gasteiger partial charge in [0.15, 0.2) is 5.78 Å². The number of hydrogen-bond donors (Lipinski definition) is 9. The van der Waals surface area contributed by atoms with Gasteiger partial charge in [0.25, 0.3) is 23.6 Å². The number of primary amides is 1. The summed E-state index contributed by atoms with van der Waals surface area (Å²) in [5.74, 6) is -6.33. The van der Waals surface area contributed by atoms with Crippen molar-refractivity contribution in [2.24, 2.45) is 17.6 Å². The lowest BCUT2D eigenvalue weighted by Crippen LogP contribution is -2.38. The van der Waals surface area contributed by atoms with Crippen molar-refractivity contribution >= 4 is 109 Å². The summed E-state index contributed by atoms with van der Waals surface area (Å²) in [6, 6.07) is 15.3. The molecule has 10 bridgehead atoms. The molecule has 0 fully saturated rings. The van der Waals surface area contributed by atoms with Crippen LogP contribution in [0.1, 0.15) is 130 Å². The Balaban J connectivity index is 1.05. The highest BCUT2D eigenvalue weighted by molar-refractivity contribution is 7.15. The number of nitrogens with one attached hydrogen (secondary N) is 5. The predicted molar refractivity (Wildman–Crippen MR) is 344 cm³/mol. The standard InChI is InChI=1S/C61H55N13O10S6/c1-7-27(2)46-60-71-43(26-89-60)58-68-40(23-86-58)48-36(17-18-37(65-48)57-70-41(25-87-57)53(82)64-29(4)51(80)63-28(3)30(5)75)56-69-42(24-85-56)54(83)66-38(21-45(62)78)59-74-47(31(6)90-59)55(84)73-49(50(79)33-11-9-8-10-12-33)61-67-39(22-88-61)44(77)20-34(52(81)72-46)19-32-13-15-35(76)16-14-32/h8-18,22-27,34,38,46,49-50,75-76,79H,3-5,7,19-21H2,1-2,6H3,(H2,62,78)(H,63,80)(H,64,82)(H,66,83)(H,72,81)(H,73,84). The first-order valence-corrected chi connectivity index (χ1v) is 32.7. The van der Waals surface area contributed by atoms with E-state index in [-0.39, 0.29) is 68.7 Å². The van der Waals surface area contributed by atoms with E-state index in [1.165, 1.54) is 50.9 Å². The fraction of sp³-hybridized carbons (Fsp3) is 0.213. The number of Topliss-reactive ketones (excluding diaryl/α,β-unsaturated/α-hetero) is 1. The first-order valence-electron chi connectivity index (χ1n) is 27.5. The smallest absolute Gasteiger partial charge is 0.275 e. The molecule has 0 spiro atoms. The summed E-state index contributed by atoms with van der Waals surface area (Å²) in [5.41, 5.74) is 8.03. The molecule has 23 nitrogen and oxygen atoms in total. The quantitative estimate of drug-likeness (QED) is 0.0278. The van der Waals surface area contributed by atoms with Gasteiger partial charge in [-0.15, -0.1) is 68.0 Å². The molecule has 6 unspecified atom stereocenters. The third kappa shape index (κ3) is 14.5. The van der Waals surface area contributed by atoms with Crippen LogP contribution in [0.3, 0.4) is 0 Å². The third-order valence-corrected chi connectivity index (χ3v) is 19.9. The first kappa shape index (κ1) is 63.7. The average Bonchev–Trinajstić information content (AvgIpc) is 1.87. The second-order valence-electron chi connectivity index (χ2n) is 20.7. The van der Waals surface area contributed by atoms with Crippen molar-refractivity contribution in [2.45, 2.75) is 70.7 Å². The summed E-state index contributed by atoms with van der Waals surface area (Å²) in [6.07, 6.45) is -1.36. The van der Waals surface area contributed by atoms with Crippen molar-refractivity contribution in [3.8, 4) is 49.1 Å². The van der Waals surface area contributed by atoms with Crippen LogP contribution in [-0.2, 0) is 20.8 Å². The minimum atomic E-state index is -1.39. The lowest BCUT2D eigenvalue weighted by atomic mass is 9.91. The summed E-state index contributed by atoms with van der Waals surface area (Å²) in [6.45, 7) is 16.0. The van der Waals surface area contributed by atoms with Crippen LogP contribution in [0, 0.1) is 18.8 Å². The molecule has 460 valence electrons. The maximum Gasteiger partial charge on any atom is 0.275 e. The Hall–Kier alpha value is -9.36. The number of nitrogens with zero attached hydrogens (tertiary/aromatic N) is 7. The fourth-order valence-electron chi connectivity index (χ4n) is 9.27. The maximum absolute atomic E-state index is 14.9. The van der Waals surface area contributed by atoms with Crippen LogP contribution >= 0.6 is 68.0 Å². The monoisotopic (exact) mass is 1320 g/mol. The number of aromatic hydroxyl groups is 1. The van der Waals surface area contributed by atoms with Gasteiger partial charge in [-0.1, -0.05) is 82.5 Å². The summed E-state index contributed by atoms with van der Waals surface area (Å²) in [5, 5.41) is 55.4. The number of carbonyl (C=O) groups is 7. The Bertz CT molecular complexity index is 4280. The molecule has 0 saturated heterocycles. The number of hydrogen-bond acceptors (Lipinski definition) is 23. The van der Waals surface area contributed by atoms with Crippen molar-refractivity contribution < 1.29 is 48.9 Å². The molecule has 9 aromatic rings. The van der Waals surface area contributed by atoms with Crippen molar-refractivity contribution in [3.05, 3.63) is 184 Å². The summed E-state index contributed by atoms with van der Waals surface area (Å²) < 4.78 is 0. The number of aryl methyl sites for hydroxylation is 1. The normalized spacial score (nSPS) is 17.0. The molecule has 2 aromatic carbocycles. The third-order valence-electron chi connectivity index (χ3n) is 14.3. The molecule has 0 aliphatic carbocycles. The number of rotatable bonds is 14. The number of phenolic OH excluding ortho intramolecular Hbond substituents is 1. The number of phenols is 1. The second-order valence-corrected chi connectivity index (χ2v) is 26.3. The van der Waals surface area contributed by atoms with Crippen LogP contribution in [0.15, 0.2) is 131 Å². The van der Waals surface area contributed by atoms with Crippen LogP contribution < -0.4 is 32.3 Å². The Morgan fingerprint density at radius 2 is 1.33 bits per heavy atom. The summed E-state index contributed by atoms with van der Waals surface area (Å²) >= 11 is 6.87. The summed E-state index contributed by atoms with van der Waals surface area (Å²) in [4.78, 5) is 131. The van der Waals surface area contributed by atoms with Crippen molar-refractivity contribution in [3.63, 3.8) is 0 Å². The lowest BCUT2D eigenvalue weighted by molar-refractivity contribution is -0.126. The van der Waals surface area contributed by atoms with Crippen molar-refractivity contribution in [1.29, 1.82) is 0 Å². The van der Waals surface area contributed by atoms with Crippen molar-refractivity contribution in [2.75, 3.05) is 0 Å². The van der Waals surface area contributed by atoms with E-state index in [0.29, 0.717) is 70.8 Å². The molecule has 1 aliphatic rings. The zero-order valence-electron chi connectivity index (χ0n) is 48.0.